The molecule has 0 aliphatic carbocycles. The minimum absolute atomic E-state index is 0.110. The number of rotatable bonds is 5. The van der Waals surface area contributed by atoms with Crippen LogP contribution in [0.4, 0.5) is 18.9 Å². The summed E-state index contributed by atoms with van der Waals surface area (Å²) in [5, 5.41) is 5.59. The zero-order valence-corrected chi connectivity index (χ0v) is 14.2. The van der Waals surface area contributed by atoms with Gasteiger partial charge in [-0.25, -0.2) is 13.2 Å². The third-order valence-electron chi connectivity index (χ3n) is 4.55. The second-order valence-electron chi connectivity index (χ2n) is 6.47. The lowest BCUT2D eigenvalue weighted by atomic mass is 9.85. The van der Waals surface area contributed by atoms with Gasteiger partial charge in [-0.3, -0.25) is 4.79 Å². The van der Waals surface area contributed by atoms with Crippen molar-refractivity contribution in [3.8, 4) is 0 Å². The van der Waals surface area contributed by atoms with Gasteiger partial charge in [0.05, 0.1) is 11.6 Å². The van der Waals surface area contributed by atoms with Gasteiger partial charge in [0.1, 0.15) is 5.82 Å². The first-order chi connectivity index (χ1) is 12.3. The summed E-state index contributed by atoms with van der Waals surface area (Å²) in [6.07, 6.45) is 0. The van der Waals surface area contributed by atoms with E-state index in [1.54, 1.807) is 30.3 Å². The van der Waals surface area contributed by atoms with E-state index in [0.717, 1.165) is 6.92 Å². The molecule has 1 amide bonds. The molecule has 0 aromatic heterocycles. The molecular formula is C20H19F3N2O. The Morgan fingerprint density at radius 2 is 1.96 bits per heavy atom. The van der Waals surface area contributed by atoms with E-state index < -0.39 is 17.7 Å². The number of carbonyl (C=O) groups excluding carboxylic acids is 1. The van der Waals surface area contributed by atoms with Gasteiger partial charge in [0.25, 0.3) is 5.92 Å². The standard InChI is InChI=1S/C20H19F3N2O/c1-12(25-17-9-4-3-8-16(17)21)18-15(11-24-19(18)26)13-6-5-7-14(10-13)20(2,22)23/h3-10,15,18,25H,1,11H2,2H3,(H,24,26). The van der Waals surface area contributed by atoms with Gasteiger partial charge in [0.2, 0.25) is 5.91 Å². The SMILES string of the molecule is C=C(Nc1ccccc1F)C1C(=O)NCC1c1cccc(C(C)(F)F)c1. The van der Waals surface area contributed by atoms with Crippen LogP contribution in [0.1, 0.15) is 24.0 Å². The average molecular weight is 360 g/mol. The number of halogens is 3. The lowest BCUT2D eigenvalue weighted by Gasteiger charge is -2.22. The van der Waals surface area contributed by atoms with Gasteiger partial charge in [0.15, 0.2) is 0 Å². The zero-order valence-electron chi connectivity index (χ0n) is 14.2. The molecule has 0 spiro atoms. The minimum Gasteiger partial charge on any atom is -0.356 e. The Hall–Kier alpha value is -2.76. The number of para-hydroxylation sites is 1. The summed E-state index contributed by atoms with van der Waals surface area (Å²) in [5.41, 5.74) is 1.04. The van der Waals surface area contributed by atoms with Crippen LogP contribution in [0, 0.1) is 11.7 Å². The Bertz CT molecular complexity index is 845. The molecule has 0 saturated carbocycles. The molecule has 0 bridgehead atoms. The van der Waals surface area contributed by atoms with Gasteiger partial charge < -0.3 is 10.6 Å². The van der Waals surface area contributed by atoms with E-state index >= 15 is 0 Å². The first-order valence-electron chi connectivity index (χ1n) is 8.23. The van der Waals surface area contributed by atoms with E-state index in [1.807, 2.05) is 0 Å². The topological polar surface area (TPSA) is 41.1 Å². The van der Waals surface area contributed by atoms with E-state index in [1.165, 1.54) is 18.2 Å². The first-order valence-corrected chi connectivity index (χ1v) is 8.23. The monoisotopic (exact) mass is 360 g/mol. The lowest BCUT2D eigenvalue weighted by Crippen LogP contribution is -2.24. The largest absolute Gasteiger partial charge is 0.356 e. The molecule has 1 saturated heterocycles. The number of nitrogens with one attached hydrogen (secondary N) is 2. The molecule has 2 aromatic rings. The Morgan fingerprint density at radius 1 is 1.23 bits per heavy atom. The Kier molecular flexibility index (Phi) is 4.76. The zero-order chi connectivity index (χ0) is 18.9. The van der Waals surface area contributed by atoms with Gasteiger partial charge in [-0.1, -0.05) is 36.9 Å². The highest BCUT2D eigenvalue weighted by Gasteiger charge is 2.38. The summed E-state index contributed by atoms with van der Waals surface area (Å²) in [6, 6.07) is 12.1. The summed E-state index contributed by atoms with van der Waals surface area (Å²) in [6.45, 7) is 5.02. The first kappa shape index (κ1) is 18.0. The van der Waals surface area contributed by atoms with Crippen molar-refractivity contribution >= 4 is 11.6 Å². The summed E-state index contributed by atoms with van der Waals surface area (Å²) in [7, 11) is 0. The fourth-order valence-electron chi connectivity index (χ4n) is 3.19. The van der Waals surface area contributed by atoms with E-state index in [2.05, 4.69) is 17.2 Å². The molecule has 6 heteroatoms. The smallest absolute Gasteiger partial charge is 0.270 e. The van der Waals surface area contributed by atoms with Crippen LogP contribution in [-0.4, -0.2) is 12.5 Å². The van der Waals surface area contributed by atoms with Crippen LogP contribution in [0.3, 0.4) is 0 Å². The molecule has 1 aliphatic heterocycles. The molecule has 2 aromatic carbocycles. The Labute approximate surface area is 149 Å². The highest BCUT2D eigenvalue weighted by Crippen LogP contribution is 2.36. The normalized spacial score (nSPS) is 19.9. The van der Waals surface area contributed by atoms with Crippen molar-refractivity contribution in [2.24, 2.45) is 5.92 Å². The fourth-order valence-corrected chi connectivity index (χ4v) is 3.19. The minimum atomic E-state index is -2.97. The van der Waals surface area contributed by atoms with Crippen LogP contribution < -0.4 is 10.6 Å². The van der Waals surface area contributed by atoms with Crippen LogP contribution in [-0.2, 0) is 10.7 Å². The summed E-state index contributed by atoms with van der Waals surface area (Å²) in [4.78, 5) is 12.3. The second-order valence-corrected chi connectivity index (χ2v) is 6.47. The van der Waals surface area contributed by atoms with Gasteiger partial charge >= 0.3 is 0 Å². The number of alkyl halides is 2. The van der Waals surface area contributed by atoms with Crippen LogP contribution in [0.25, 0.3) is 0 Å². The number of benzene rings is 2. The molecule has 2 N–H and O–H groups in total. The van der Waals surface area contributed by atoms with Crippen LogP contribution in [0.5, 0.6) is 0 Å². The van der Waals surface area contributed by atoms with Crippen molar-refractivity contribution in [1.82, 2.24) is 5.32 Å². The summed E-state index contributed by atoms with van der Waals surface area (Å²) >= 11 is 0. The average Bonchev–Trinajstić information content (AvgIpc) is 2.98. The Morgan fingerprint density at radius 3 is 2.65 bits per heavy atom. The number of anilines is 1. The number of amides is 1. The molecule has 2 atom stereocenters. The molecule has 0 radical (unpaired) electrons. The highest BCUT2D eigenvalue weighted by molar-refractivity contribution is 5.86. The van der Waals surface area contributed by atoms with Crippen molar-refractivity contribution in [2.75, 3.05) is 11.9 Å². The van der Waals surface area contributed by atoms with Crippen LogP contribution in [0.2, 0.25) is 0 Å². The molecule has 136 valence electrons. The second kappa shape index (κ2) is 6.86. The molecule has 2 unspecified atom stereocenters. The van der Waals surface area contributed by atoms with E-state index in [9.17, 15) is 18.0 Å². The number of carbonyl (C=O) groups is 1. The highest BCUT2D eigenvalue weighted by atomic mass is 19.3. The number of hydrogen-bond donors (Lipinski definition) is 2. The van der Waals surface area contributed by atoms with Gasteiger partial charge in [-0.05, 0) is 23.8 Å². The van der Waals surface area contributed by atoms with Crippen LogP contribution in [0.15, 0.2) is 60.8 Å². The van der Waals surface area contributed by atoms with Gasteiger partial charge in [0, 0.05) is 30.6 Å². The maximum Gasteiger partial charge on any atom is 0.270 e. The quantitative estimate of drug-likeness (QED) is 0.830. The fraction of sp³-hybridized carbons (Fsp3) is 0.250. The maximum absolute atomic E-state index is 13.9. The lowest BCUT2D eigenvalue weighted by molar-refractivity contribution is -0.121. The molecule has 1 fully saturated rings. The van der Waals surface area contributed by atoms with Crippen molar-refractivity contribution < 1.29 is 18.0 Å². The van der Waals surface area contributed by atoms with Crippen LogP contribution >= 0.6 is 0 Å². The predicted octanol–water partition coefficient (Wildman–Crippen LogP) is 4.39. The van der Waals surface area contributed by atoms with E-state index in [-0.39, 0.29) is 23.1 Å². The predicted molar refractivity (Wildman–Crippen MR) is 94.4 cm³/mol. The third-order valence-corrected chi connectivity index (χ3v) is 4.55. The summed E-state index contributed by atoms with van der Waals surface area (Å²) in [5.74, 6) is -4.75. The van der Waals surface area contributed by atoms with Crippen molar-refractivity contribution in [2.45, 2.75) is 18.8 Å². The summed E-state index contributed by atoms with van der Waals surface area (Å²) < 4.78 is 41.1. The van der Waals surface area contributed by atoms with Crippen molar-refractivity contribution in [3.05, 3.63) is 77.8 Å². The number of hydrogen-bond acceptors (Lipinski definition) is 2. The van der Waals surface area contributed by atoms with E-state index in [0.29, 0.717) is 17.8 Å². The van der Waals surface area contributed by atoms with Crippen molar-refractivity contribution in [3.63, 3.8) is 0 Å². The molecular weight excluding hydrogens is 341 g/mol. The maximum atomic E-state index is 13.9. The molecule has 1 aliphatic rings. The van der Waals surface area contributed by atoms with Crippen molar-refractivity contribution in [1.29, 1.82) is 0 Å². The molecule has 26 heavy (non-hydrogen) atoms. The van der Waals surface area contributed by atoms with E-state index in [4.69, 9.17) is 0 Å². The molecule has 3 nitrogen and oxygen atoms in total. The van der Waals surface area contributed by atoms with Gasteiger partial charge in [-0.2, -0.15) is 0 Å². The third kappa shape index (κ3) is 3.59. The molecule has 3 rings (SSSR count). The van der Waals surface area contributed by atoms with Gasteiger partial charge in [-0.15, -0.1) is 0 Å². The Balaban J connectivity index is 1.87. The molecule has 1 heterocycles.